The number of fused-ring (bicyclic) bond motifs is 1. The molecule has 1 aliphatic carbocycles. The summed E-state index contributed by atoms with van der Waals surface area (Å²) >= 11 is 3.27. The fourth-order valence-electron chi connectivity index (χ4n) is 3.65. The van der Waals surface area contributed by atoms with Gasteiger partial charge in [0.15, 0.2) is 11.0 Å². The molecule has 0 saturated carbocycles. The van der Waals surface area contributed by atoms with Gasteiger partial charge in [-0.25, -0.2) is 0 Å². The highest BCUT2D eigenvalue weighted by Crippen LogP contribution is 2.42. The number of carbonyl (C=O) groups excluding carboxylic acids is 1. The van der Waals surface area contributed by atoms with Gasteiger partial charge in [-0.1, -0.05) is 32.5 Å². The Morgan fingerprint density at radius 2 is 2.21 bits per heavy atom. The van der Waals surface area contributed by atoms with Crippen molar-refractivity contribution >= 4 is 29.0 Å². The molecule has 3 rings (SSSR count). The van der Waals surface area contributed by atoms with E-state index in [9.17, 15) is 4.79 Å². The van der Waals surface area contributed by atoms with Gasteiger partial charge in [0.25, 0.3) is 0 Å². The fourth-order valence-corrected chi connectivity index (χ4v) is 5.62. The molecular formula is C21H32N4O2S2. The van der Waals surface area contributed by atoms with Gasteiger partial charge in [-0.2, -0.15) is 0 Å². The van der Waals surface area contributed by atoms with Gasteiger partial charge in [0, 0.05) is 32.2 Å². The molecule has 0 saturated heterocycles. The van der Waals surface area contributed by atoms with Crippen molar-refractivity contribution in [1.29, 1.82) is 0 Å². The lowest BCUT2D eigenvalue weighted by Crippen LogP contribution is -2.26. The van der Waals surface area contributed by atoms with Gasteiger partial charge in [0.05, 0.1) is 10.6 Å². The molecule has 0 spiro atoms. The van der Waals surface area contributed by atoms with Gasteiger partial charge < -0.3 is 14.6 Å². The van der Waals surface area contributed by atoms with Crippen LogP contribution < -0.4 is 5.32 Å². The second-order valence-corrected chi connectivity index (χ2v) is 10.8. The Morgan fingerprint density at radius 3 is 2.93 bits per heavy atom. The van der Waals surface area contributed by atoms with Crippen LogP contribution in [-0.2, 0) is 29.4 Å². The Bertz CT molecular complexity index is 838. The van der Waals surface area contributed by atoms with Crippen molar-refractivity contribution in [2.75, 3.05) is 26.0 Å². The molecule has 0 aliphatic heterocycles. The first-order valence-electron chi connectivity index (χ1n) is 10.2. The van der Waals surface area contributed by atoms with E-state index in [0.29, 0.717) is 24.3 Å². The summed E-state index contributed by atoms with van der Waals surface area (Å²) < 4.78 is 6.99. The lowest BCUT2D eigenvalue weighted by Gasteiger charge is -2.33. The maximum absolute atomic E-state index is 12.0. The fraction of sp³-hybridized carbons (Fsp3) is 0.667. The number of thioether (sulfide) groups is 1. The average Bonchev–Trinajstić information content (AvgIpc) is 3.25. The summed E-state index contributed by atoms with van der Waals surface area (Å²) in [5.41, 5.74) is 1.82. The van der Waals surface area contributed by atoms with Gasteiger partial charge in [-0.05, 0) is 48.6 Å². The highest BCUT2D eigenvalue weighted by atomic mass is 32.2. The highest BCUT2D eigenvalue weighted by Gasteiger charge is 2.30. The van der Waals surface area contributed by atoms with E-state index < -0.39 is 0 Å². The molecule has 8 heteroatoms. The lowest BCUT2D eigenvalue weighted by molar-refractivity contribution is -0.118. The monoisotopic (exact) mass is 436 g/mol. The maximum Gasteiger partial charge on any atom is 0.230 e. The van der Waals surface area contributed by atoms with E-state index in [0.717, 1.165) is 36.2 Å². The van der Waals surface area contributed by atoms with Crippen LogP contribution in [0, 0.1) is 11.3 Å². The van der Waals surface area contributed by atoms with Crippen molar-refractivity contribution in [2.45, 2.75) is 51.6 Å². The molecule has 0 unspecified atom stereocenters. The molecule has 2 heterocycles. The summed E-state index contributed by atoms with van der Waals surface area (Å²) in [6, 6.07) is 2.30. The van der Waals surface area contributed by atoms with Crippen LogP contribution in [-0.4, -0.2) is 46.7 Å². The minimum atomic E-state index is 0.00969. The first kappa shape index (κ1) is 22.3. The van der Waals surface area contributed by atoms with Crippen molar-refractivity contribution < 1.29 is 9.53 Å². The predicted molar refractivity (Wildman–Crippen MR) is 120 cm³/mol. The Hall–Kier alpha value is -1.38. The molecule has 0 fully saturated rings. The molecule has 0 bridgehead atoms. The standard InChI is InChI=1S/C21H32N4O2S2/c1-21(2,3)15-7-8-16-14(11-15)12-17(29-16)19-23-24-20(25(19)4)28-13-18(26)22-9-6-10-27-5/h12,15H,6-11,13H2,1-5H3,(H,22,26)/t15-/m1/s1. The third-order valence-corrected chi connectivity index (χ3v) is 7.80. The number of nitrogens with zero attached hydrogens (tertiary/aromatic N) is 3. The summed E-state index contributed by atoms with van der Waals surface area (Å²) in [4.78, 5) is 14.7. The molecule has 0 radical (unpaired) electrons. The van der Waals surface area contributed by atoms with Gasteiger partial charge in [0.2, 0.25) is 5.91 Å². The zero-order valence-electron chi connectivity index (χ0n) is 18.1. The minimum Gasteiger partial charge on any atom is -0.385 e. The van der Waals surface area contributed by atoms with Crippen molar-refractivity contribution in [3.05, 3.63) is 16.5 Å². The number of hydrogen-bond acceptors (Lipinski definition) is 6. The van der Waals surface area contributed by atoms with Crippen LogP contribution in [0.25, 0.3) is 10.7 Å². The number of rotatable bonds is 8. The molecule has 1 N–H and O–H groups in total. The molecule has 1 atom stereocenters. The van der Waals surface area contributed by atoms with Crippen LogP contribution >= 0.6 is 23.1 Å². The molecule has 2 aromatic rings. The van der Waals surface area contributed by atoms with Crippen molar-refractivity contribution in [3.63, 3.8) is 0 Å². The van der Waals surface area contributed by atoms with Crippen LogP contribution in [0.4, 0.5) is 0 Å². The van der Waals surface area contributed by atoms with Crippen molar-refractivity contribution in [3.8, 4) is 10.7 Å². The number of methoxy groups -OCH3 is 1. The number of aromatic nitrogens is 3. The molecular weight excluding hydrogens is 404 g/mol. The van der Waals surface area contributed by atoms with Crippen molar-refractivity contribution in [2.24, 2.45) is 18.4 Å². The van der Waals surface area contributed by atoms with Crippen LogP contribution in [0.1, 0.15) is 44.1 Å². The SMILES string of the molecule is COCCCNC(=O)CSc1nnc(-c2cc3c(s2)CC[C@@H](C(C)(C)C)C3)n1C. The number of carbonyl (C=O) groups is 1. The van der Waals surface area contributed by atoms with E-state index in [1.54, 1.807) is 7.11 Å². The average molecular weight is 437 g/mol. The predicted octanol–water partition coefficient (Wildman–Crippen LogP) is 3.94. The van der Waals surface area contributed by atoms with Gasteiger partial charge >= 0.3 is 0 Å². The Labute approximate surface area is 181 Å². The first-order valence-corrected chi connectivity index (χ1v) is 12.0. The molecule has 1 amide bonds. The summed E-state index contributed by atoms with van der Waals surface area (Å²) in [7, 11) is 3.64. The van der Waals surface area contributed by atoms with E-state index in [1.807, 2.05) is 23.0 Å². The number of thiophene rings is 1. The normalized spacial score (nSPS) is 16.7. The molecule has 1 aliphatic rings. The number of hydrogen-bond donors (Lipinski definition) is 1. The van der Waals surface area contributed by atoms with Gasteiger partial charge in [-0.15, -0.1) is 21.5 Å². The van der Waals surface area contributed by atoms with Crippen LogP contribution in [0.3, 0.4) is 0 Å². The first-order chi connectivity index (χ1) is 13.8. The number of amides is 1. The quantitative estimate of drug-likeness (QED) is 0.501. The second kappa shape index (κ2) is 9.62. The Kier molecular flexibility index (Phi) is 7.40. The topological polar surface area (TPSA) is 69.0 Å². The number of aryl methyl sites for hydroxylation is 1. The highest BCUT2D eigenvalue weighted by molar-refractivity contribution is 7.99. The molecule has 2 aromatic heterocycles. The van der Waals surface area contributed by atoms with Gasteiger partial charge in [0.1, 0.15) is 0 Å². The van der Waals surface area contributed by atoms with Crippen LogP contribution in [0.2, 0.25) is 0 Å². The van der Waals surface area contributed by atoms with E-state index in [2.05, 4.69) is 42.4 Å². The number of nitrogens with one attached hydrogen (secondary N) is 1. The minimum absolute atomic E-state index is 0.00969. The largest absolute Gasteiger partial charge is 0.385 e. The van der Waals surface area contributed by atoms with E-state index >= 15 is 0 Å². The number of ether oxygens (including phenoxy) is 1. The Balaban J connectivity index is 1.62. The van der Waals surface area contributed by atoms with E-state index in [4.69, 9.17) is 4.74 Å². The zero-order chi connectivity index (χ0) is 21.0. The third kappa shape index (κ3) is 5.61. The summed E-state index contributed by atoms with van der Waals surface area (Å²) in [5, 5.41) is 12.4. The molecule has 29 heavy (non-hydrogen) atoms. The Morgan fingerprint density at radius 1 is 1.41 bits per heavy atom. The summed E-state index contributed by atoms with van der Waals surface area (Å²) in [6.07, 6.45) is 4.39. The third-order valence-electron chi connectivity index (χ3n) is 5.54. The van der Waals surface area contributed by atoms with Crippen LogP contribution in [0.15, 0.2) is 11.2 Å². The summed E-state index contributed by atoms with van der Waals surface area (Å²) in [6.45, 7) is 8.32. The maximum atomic E-state index is 12.0. The van der Waals surface area contributed by atoms with Gasteiger partial charge in [-0.3, -0.25) is 4.79 Å². The smallest absolute Gasteiger partial charge is 0.230 e. The molecule has 160 valence electrons. The lowest BCUT2D eigenvalue weighted by atomic mass is 9.72. The van der Waals surface area contributed by atoms with E-state index in [-0.39, 0.29) is 5.91 Å². The molecule has 6 nitrogen and oxygen atoms in total. The van der Waals surface area contributed by atoms with Crippen LogP contribution in [0.5, 0.6) is 0 Å². The summed E-state index contributed by atoms with van der Waals surface area (Å²) in [5.74, 6) is 1.97. The molecule has 0 aromatic carbocycles. The second-order valence-electron chi connectivity index (χ2n) is 8.71. The van der Waals surface area contributed by atoms with E-state index in [1.165, 1.54) is 33.5 Å². The zero-order valence-corrected chi connectivity index (χ0v) is 19.7. The van der Waals surface area contributed by atoms with Crippen molar-refractivity contribution in [1.82, 2.24) is 20.1 Å².